The maximum atomic E-state index is 14.0. The highest BCUT2D eigenvalue weighted by atomic mass is 32.2. The first kappa shape index (κ1) is 16.8. The predicted octanol–water partition coefficient (Wildman–Crippen LogP) is 3.86. The smallest absolute Gasteiger partial charge is 0.287 e. The Labute approximate surface area is 152 Å². The van der Waals surface area contributed by atoms with Gasteiger partial charge in [0.25, 0.3) is 5.24 Å². The molecule has 1 saturated heterocycles. The fraction of sp³-hybridized carbons (Fsp3) is 0.158. The summed E-state index contributed by atoms with van der Waals surface area (Å²) in [5, 5.41) is 3.06. The molecular formula is C19H14F2N2O2S. The Morgan fingerprint density at radius 3 is 2.58 bits per heavy atom. The topological polar surface area (TPSA) is 51.1 Å². The van der Waals surface area contributed by atoms with Gasteiger partial charge in [-0.2, -0.15) is 0 Å². The third kappa shape index (κ3) is 2.99. The van der Waals surface area contributed by atoms with Gasteiger partial charge in [0.15, 0.2) is 11.6 Å². The van der Waals surface area contributed by atoms with E-state index in [2.05, 4.69) is 5.32 Å². The van der Waals surface area contributed by atoms with Crippen molar-refractivity contribution in [2.75, 3.05) is 0 Å². The lowest BCUT2D eigenvalue weighted by Gasteiger charge is -2.11. The van der Waals surface area contributed by atoms with Gasteiger partial charge in [-0.15, -0.1) is 0 Å². The van der Waals surface area contributed by atoms with E-state index in [1.807, 2.05) is 35.0 Å². The number of halogens is 2. The summed E-state index contributed by atoms with van der Waals surface area (Å²) in [6.07, 6.45) is 2.20. The molecular weight excluding hydrogens is 358 g/mol. The van der Waals surface area contributed by atoms with Gasteiger partial charge >= 0.3 is 0 Å². The fourth-order valence-corrected chi connectivity index (χ4v) is 3.87. The van der Waals surface area contributed by atoms with Gasteiger partial charge in [-0.05, 0) is 23.8 Å². The summed E-state index contributed by atoms with van der Waals surface area (Å²) in [5.41, 5.74) is 2.04. The van der Waals surface area contributed by atoms with Gasteiger partial charge in [-0.1, -0.05) is 24.3 Å². The van der Waals surface area contributed by atoms with Crippen molar-refractivity contribution in [1.29, 1.82) is 0 Å². The van der Waals surface area contributed by atoms with E-state index in [1.54, 1.807) is 6.07 Å². The number of hydrogen-bond donors (Lipinski definition) is 1. The minimum Gasteiger partial charge on any atom is -0.343 e. The van der Waals surface area contributed by atoms with Crippen LogP contribution in [0.25, 0.3) is 10.9 Å². The molecule has 1 atom stereocenters. The van der Waals surface area contributed by atoms with Crippen molar-refractivity contribution in [3.63, 3.8) is 0 Å². The van der Waals surface area contributed by atoms with E-state index in [-0.39, 0.29) is 22.5 Å². The zero-order valence-electron chi connectivity index (χ0n) is 13.5. The molecule has 0 spiro atoms. The Hall–Kier alpha value is -2.67. The number of amides is 1. The second-order valence-corrected chi connectivity index (χ2v) is 7.09. The van der Waals surface area contributed by atoms with Crippen LogP contribution in [0, 0.1) is 11.6 Å². The lowest BCUT2D eigenvalue weighted by atomic mass is 10.0. The van der Waals surface area contributed by atoms with Crippen LogP contribution >= 0.6 is 11.8 Å². The van der Waals surface area contributed by atoms with Gasteiger partial charge < -0.3 is 9.88 Å². The molecule has 4 rings (SSSR count). The minimum absolute atomic E-state index is 0.187. The van der Waals surface area contributed by atoms with E-state index in [0.29, 0.717) is 18.2 Å². The van der Waals surface area contributed by atoms with Crippen LogP contribution in [0.15, 0.2) is 48.7 Å². The SMILES string of the molecule is O=C1NC(Cc2cccc3c2ccn3Cc2cccc(F)c2F)C(=O)S1. The highest BCUT2D eigenvalue weighted by Gasteiger charge is 2.31. The third-order valence-corrected chi connectivity index (χ3v) is 5.26. The van der Waals surface area contributed by atoms with Crippen LogP contribution in [0.3, 0.4) is 0 Å². The number of benzene rings is 2. The summed E-state index contributed by atoms with van der Waals surface area (Å²) in [6.45, 7) is 0.200. The summed E-state index contributed by atoms with van der Waals surface area (Å²) in [6, 6.07) is 11.1. The average Bonchev–Trinajstić information content (AvgIpc) is 3.16. The maximum absolute atomic E-state index is 14.0. The molecule has 2 heterocycles. The molecule has 1 aliphatic rings. The lowest BCUT2D eigenvalue weighted by molar-refractivity contribution is -0.112. The number of nitrogens with zero attached hydrogens (tertiary/aromatic N) is 1. The predicted molar refractivity (Wildman–Crippen MR) is 96.0 cm³/mol. The van der Waals surface area contributed by atoms with E-state index in [9.17, 15) is 18.4 Å². The number of nitrogens with one attached hydrogen (secondary N) is 1. The van der Waals surface area contributed by atoms with E-state index < -0.39 is 17.7 Å². The third-order valence-electron chi connectivity index (χ3n) is 4.47. The number of carbonyl (C=O) groups excluding carboxylic acids is 2. The van der Waals surface area contributed by atoms with Gasteiger partial charge in [0.05, 0.1) is 6.54 Å². The molecule has 26 heavy (non-hydrogen) atoms. The van der Waals surface area contributed by atoms with Crippen LogP contribution in [-0.4, -0.2) is 21.0 Å². The Bertz CT molecular complexity index is 1030. The molecule has 0 aliphatic carbocycles. The molecule has 1 aromatic heterocycles. The van der Waals surface area contributed by atoms with Gasteiger partial charge in [-0.3, -0.25) is 9.59 Å². The quantitative estimate of drug-likeness (QED) is 0.757. The van der Waals surface area contributed by atoms with Crippen molar-refractivity contribution in [2.45, 2.75) is 19.0 Å². The van der Waals surface area contributed by atoms with Crippen molar-refractivity contribution in [3.8, 4) is 0 Å². The van der Waals surface area contributed by atoms with Crippen LogP contribution in [0.1, 0.15) is 11.1 Å². The number of rotatable bonds is 4. The summed E-state index contributed by atoms with van der Waals surface area (Å²) in [5.74, 6) is -1.71. The highest BCUT2D eigenvalue weighted by Crippen LogP contribution is 2.26. The normalized spacial score (nSPS) is 17.1. The summed E-state index contributed by atoms with van der Waals surface area (Å²) in [4.78, 5) is 23.2. The molecule has 1 N–H and O–H groups in total. The second-order valence-electron chi connectivity index (χ2n) is 6.12. The summed E-state index contributed by atoms with van der Waals surface area (Å²) < 4.78 is 29.2. The molecule has 1 unspecified atom stereocenters. The van der Waals surface area contributed by atoms with Crippen LogP contribution < -0.4 is 5.32 Å². The molecule has 0 saturated carbocycles. The lowest BCUT2D eigenvalue weighted by Crippen LogP contribution is -2.30. The van der Waals surface area contributed by atoms with Crippen molar-refractivity contribution in [1.82, 2.24) is 9.88 Å². The average molecular weight is 372 g/mol. The number of hydrogen-bond acceptors (Lipinski definition) is 3. The molecule has 3 aromatic rings. The van der Waals surface area contributed by atoms with Gasteiger partial charge in [-0.25, -0.2) is 8.78 Å². The molecule has 1 aliphatic heterocycles. The first-order chi connectivity index (χ1) is 12.5. The van der Waals surface area contributed by atoms with Crippen molar-refractivity contribution < 1.29 is 18.4 Å². The molecule has 2 aromatic carbocycles. The zero-order valence-corrected chi connectivity index (χ0v) is 14.4. The monoisotopic (exact) mass is 372 g/mol. The molecule has 7 heteroatoms. The number of fused-ring (bicyclic) bond motifs is 1. The van der Waals surface area contributed by atoms with E-state index in [1.165, 1.54) is 6.07 Å². The Kier molecular flexibility index (Phi) is 4.24. The van der Waals surface area contributed by atoms with Crippen LogP contribution in [0.4, 0.5) is 13.6 Å². The van der Waals surface area contributed by atoms with Gasteiger partial charge in [0.2, 0.25) is 5.12 Å². The molecule has 132 valence electrons. The molecule has 1 amide bonds. The first-order valence-electron chi connectivity index (χ1n) is 8.05. The molecule has 4 nitrogen and oxygen atoms in total. The largest absolute Gasteiger partial charge is 0.343 e. The summed E-state index contributed by atoms with van der Waals surface area (Å²) >= 11 is 0.692. The van der Waals surface area contributed by atoms with Crippen molar-refractivity contribution in [3.05, 3.63) is 71.4 Å². The Morgan fingerprint density at radius 2 is 1.81 bits per heavy atom. The van der Waals surface area contributed by atoms with E-state index >= 15 is 0 Å². The second kappa shape index (κ2) is 6.57. The van der Waals surface area contributed by atoms with Gasteiger partial charge in [0, 0.05) is 40.8 Å². The van der Waals surface area contributed by atoms with Crippen LogP contribution in [0.5, 0.6) is 0 Å². The highest BCUT2D eigenvalue weighted by molar-refractivity contribution is 8.26. The van der Waals surface area contributed by atoms with E-state index in [0.717, 1.165) is 22.5 Å². The van der Waals surface area contributed by atoms with E-state index in [4.69, 9.17) is 0 Å². The number of aromatic nitrogens is 1. The zero-order chi connectivity index (χ0) is 18.3. The van der Waals surface area contributed by atoms with Crippen LogP contribution in [0.2, 0.25) is 0 Å². The molecule has 1 fully saturated rings. The Morgan fingerprint density at radius 1 is 1.04 bits per heavy atom. The first-order valence-corrected chi connectivity index (χ1v) is 8.86. The number of carbonyl (C=O) groups is 2. The maximum Gasteiger partial charge on any atom is 0.287 e. The summed E-state index contributed by atoms with van der Waals surface area (Å²) in [7, 11) is 0. The minimum atomic E-state index is -0.868. The molecule has 0 radical (unpaired) electrons. The van der Waals surface area contributed by atoms with Gasteiger partial charge in [0.1, 0.15) is 6.04 Å². The van der Waals surface area contributed by atoms with Crippen molar-refractivity contribution in [2.24, 2.45) is 0 Å². The Balaban J connectivity index is 1.66. The number of thioether (sulfide) groups is 1. The van der Waals surface area contributed by atoms with Crippen LogP contribution in [-0.2, 0) is 17.8 Å². The fourth-order valence-electron chi connectivity index (χ4n) is 3.20. The molecule has 0 bridgehead atoms. The standard InChI is InChI=1S/C19H14F2N2O2S/c20-14-5-1-4-12(17(14)21)10-23-8-7-13-11(3-2-6-16(13)23)9-15-18(24)26-19(25)22-15/h1-8,15H,9-10H2,(H,22,25). The van der Waals surface area contributed by atoms with Crippen molar-refractivity contribution >= 4 is 33.0 Å².